The minimum Gasteiger partial charge on any atom is -0.383 e. The zero-order valence-electron chi connectivity index (χ0n) is 23.1. The molecule has 0 saturated carbocycles. The highest BCUT2D eigenvalue weighted by atomic mass is 16.5. The highest BCUT2D eigenvalue weighted by Crippen LogP contribution is 2.23. The SMILES string of the molecule is COCC1CN2CCN1Cc1cccc(c1)Nc1nccc(n1)-c1ccc(nc1)N(C)CCCN(C)C(=O)C2. The summed E-state index contributed by atoms with van der Waals surface area (Å²) in [5, 5.41) is 3.37. The average molecular weight is 531 g/mol. The fraction of sp³-hybridized carbons (Fsp3) is 0.448. The van der Waals surface area contributed by atoms with Gasteiger partial charge in [0, 0.05) is 90.2 Å². The van der Waals surface area contributed by atoms with Gasteiger partial charge in [-0.2, -0.15) is 0 Å². The highest BCUT2D eigenvalue weighted by Gasteiger charge is 2.28. The average Bonchev–Trinajstić information content (AvgIpc) is 2.94. The number of hydrogen-bond acceptors (Lipinski definition) is 9. The molecule has 3 unspecified atom stereocenters. The first-order chi connectivity index (χ1) is 19.0. The monoisotopic (exact) mass is 530 g/mol. The molecule has 8 bridgehead atoms. The number of nitrogens with one attached hydrogen (secondary N) is 1. The molecule has 1 aromatic carbocycles. The molecule has 1 amide bonds. The largest absolute Gasteiger partial charge is 0.383 e. The molecule has 5 aliphatic rings. The number of ether oxygens (including phenoxy) is 1. The van der Waals surface area contributed by atoms with Crippen molar-refractivity contribution >= 4 is 23.4 Å². The third-order valence-corrected chi connectivity index (χ3v) is 7.48. The second-order valence-corrected chi connectivity index (χ2v) is 10.4. The number of aromatic nitrogens is 3. The second kappa shape index (κ2) is 12.5. The molecule has 7 heterocycles. The first-order valence-corrected chi connectivity index (χ1v) is 13.5. The van der Waals surface area contributed by atoms with Crippen LogP contribution in [0, 0.1) is 0 Å². The highest BCUT2D eigenvalue weighted by molar-refractivity contribution is 5.78. The van der Waals surface area contributed by atoms with Crippen molar-refractivity contribution in [3.63, 3.8) is 0 Å². The van der Waals surface area contributed by atoms with E-state index in [1.165, 1.54) is 5.56 Å². The summed E-state index contributed by atoms with van der Waals surface area (Å²) in [6.07, 6.45) is 4.48. The van der Waals surface area contributed by atoms with Crippen molar-refractivity contribution in [1.82, 2.24) is 29.7 Å². The molecular weight excluding hydrogens is 492 g/mol. The summed E-state index contributed by atoms with van der Waals surface area (Å²) in [7, 11) is 5.67. The normalized spacial score (nSPS) is 22.5. The van der Waals surface area contributed by atoms with Crippen molar-refractivity contribution in [1.29, 1.82) is 0 Å². The zero-order valence-corrected chi connectivity index (χ0v) is 23.1. The molecule has 206 valence electrons. The van der Waals surface area contributed by atoms with Crippen LogP contribution in [0.2, 0.25) is 0 Å². The van der Waals surface area contributed by atoms with Gasteiger partial charge in [0.1, 0.15) is 5.82 Å². The Bertz CT molecular complexity index is 1250. The molecule has 3 atom stereocenters. The molecule has 1 fully saturated rings. The summed E-state index contributed by atoms with van der Waals surface area (Å²) in [6.45, 7) is 5.90. The Kier molecular flexibility index (Phi) is 8.65. The van der Waals surface area contributed by atoms with Crippen molar-refractivity contribution in [2.45, 2.75) is 19.0 Å². The third-order valence-electron chi connectivity index (χ3n) is 7.48. The number of nitrogens with zero attached hydrogens (tertiary/aromatic N) is 7. The minimum atomic E-state index is 0.157. The topological polar surface area (TPSA) is 90.0 Å². The van der Waals surface area contributed by atoms with E-state index in [-0.39, 0.29) is 11.9 Å². The number of hydrogen-bond donors (Lipinski definition) is 1. The van der Waals surface area contributed by atoms with E-state index in [9.17, 15) is 4.79 Å². The number of likely N-dealkylation sites (N-methyl/N-ethyl adjacent to an activating group) is 1. The lowest BCUT2D eigenvalue weighted by Crippen LogP contribution is -2.56. The smallest absolute Gasteiger partial charge is 0.236 e. The lowest BCUT2D eigenvalue weighted by molar-refractivity contribution is -0.132. The van der Waals surface area contributed by atoms with Crippen LogP contribution in [0.15, 0.2) is 54.9 Å². The van der Waals surface area contributed by atoms with Crippen LogP contribution < -0.4 is 10.2 Å². The van der Waals surface area contributed by atoms with Crippen molar-refractivity contribution in [3.05, 3.63) is 60.4 Å². The summed E-state index contributed by atoms with van der Waals surface area (Å²) in [5.74, 6) is 1.59. The summed E-state index contributed by atoms with van der Waals surface area (Å²) in [5.41, 5.74) is 3.87. The first kappa shape index (κ1) is 27.0. The Morgan fingerprint density at radius 1 is 1.00 bits per heavy atom. The van der Waals surface area contributed by atoms with Crippen LogP contribution in [0.5, 0.6) is 0 Å². The molecule has 39 heavy (non-hydrogen) atoms. The summed E-state index contributed by atoms with van der Waals surface area (Å²) in [6, 6.07) is 14.5. The van der Waals surface area contributed by atoms with E-state index < -0.39 is 0 Å². The molecule has 8 rings (SSSR count). The van der Waals surface area contributed by atoms with Crippen molar-refractivity contribution in [2.75, 3.05) is 77.3 Å². The lowest BCUT2D eigenvalue weighted by atomic mass is 10.1. The predicted octanol–water partition coefficient (Wildman–Crippen LogP) is 2.71. The molecule has 10 heteroatoms. The van der Waals surface area contributed by atoms with Gasteiger partial charge in [0.15, 0.2) is 0 Å². The molecule has 0 radical (unpaired) electrons. The van der Waals surface area contributed by atoms with Crippen LogP contribution in [0.25, 0.3) is 11.3 Å². The number of benzene rings is 1. The molecule has 0 aliphatic carbocycles. The number of anilines is 3. The van der Waals surface area contributed by atoms with E-state index in [2.05, 4.69) is 48.2 Å². The molecule has 0 spiro atoms. The molecule has 1 saturated heterocycles. The van der Waals surface area contributed by atoms with Gasteiger partial charge in [0.2, 0.25) is 11.9 Å². The van der Waals surface area contributed by atoms with Crippen molar-refractivity contribution < 1.29 is 9.53 Å². The van der Waals surface area contributed by atoms with Gasteiger partial charge in [-0.3, -0.25) is 14.6 Å². The maximum Gasteiger partial charge on any atom is 0.236 e. The molecule has 5 aliphatic heterocycles. The van der Waals surface area contributed by atoms with E-state index in [0.29, 0.717) is 25.6 Å². The molecule has 1 N–H and O–H groups in total. The minimum absolute atomic E-state index is 0.157. The van der Waals surface area contributed by atoms with Gasteiger partial charge in [0.25, 0.3) is 0 Å². The Hall–Kier alpha value is -3.60. The molecular formula is C29H38N8O2. The second-order valence-electron chi connectivity index (χ2n) is 10.4. The Labute approximate surface area is 230 Å². The van der Waals surface area contributed by atoms with Crippen molar-refractivity contribution in [2.24, 2.45) is 0 Å². The lowest BCUT2D eigenvalue weighted by Gasteiger charge is -2.41. The van der Waals surface area contributed by atoms with Gasteiger partial charge in [-0.1, -0.05) is 12.1 Å². The molecule has 3 aromatic rings. The standard InChI is InChI=1S/C29H38N8O2/c1-34-12-5-13-35(2)28(38)20-36-14-15-37(25(19-36)21-39-3)18-22-6-4-7-24(16-22)32-29-30-11-10-26(33-29)23-8-9-27(34)31-17-23/h4,6-11,16-17,25H,5,12-15,18-21H2,1-3H3,(H,30,32,33). The number of pyridine rings is 1. The Morgan fingerprint density at radius 2 is 1.87 bits per heavy atom. The van der Waals surface area contributed by atoms with Gasteiger partial charge < -0.3 is 19.9 Å². The van der Waals surface area contributed by atoms with Crippen LogP contribution in [-0.2, 0) is 16.1 Å². The van der Waals surface area contributed by atoms with Gasteiger partial charge in [-0.05, 0) is 42.3 Å². The summed E-state index contributed by atoms with van der Waals surface area (Å²) in [4.78, 5) is 35.5. The predicted molar refractivity (Wildman–Crippen MR) is 153 cm³/mol. The summed E-state index contributed by atoms with van der Waals surface area (Å²) >= 11 is 0. The number of methoxy groups -OCH3 is 1. The van der Waals surface area contributed by atoms with Gasteiger partial charge in [-0.15, -0.1) is 0 Å². The van der Waals surface area contributed by atoms with Crippen molar-refractivity contribution in [3.8, 4) is 11.3 Å². The third kappa shape index (κ3) is 6.89. The van der Waals surface area contributed by atoms with Crippen LogP contribution in [0.4, 0.5) is 17.5 Å². The first-order valence-electron chi connectivity index (χ1n) is 13.5. The van der Waals surface area contributed by atoms with E-state index in [1.54, 1.807) is 13.3 Å². The van der Waals surface area contributed by atoms with Gasteiger partial charge >= 0.3 is 0 Å². The van der Waals surface area contributed by atoms with Crippen LogP contribution in [0.3, 0.4) is 0 Å². The molecule has 2 aromatic heterocycles. The van der Waals surface area contributed by atoms with E-state index in [0.717, 1.165) is 61.9 Å². The maximum atomic E-state index is 13.0. The van der Waals surface area contributed by atoms with Crippen LogP contribution >= 0.6 is 0 Å². The fourth-order valence-electron chi connectivity index (χ4n) is 5.21. The summed E-state index contributed by atoms with van der Waals surface area (Å²) < 4.78 is 5.57. The van der Waals surface area contributed by atoms with E-state index in [4.69, 9.17) is 9.72 Å². The van der Waals surface area contributed by atoms with Crippen LogP contribution in [0.1, 0.15) is 12.0 Å². The van der Waals surface area contributed by atoms with E-state index in [1.807, 2.05) is 49.5 Å². The quantitative estimate of drug-likeness (QED) is 0.537. The number of carbonyl (C=O) groups is 1. The number of rotatable bonds is 2. The number of carbonyl (C=O) groups excluding carboxylic acids is 1. The number of piperazine rings is 1. The maximum absolute atomic E-state index is 13.0. The van der Waals surface area contributed by atoms with Crippen LogP contribution in [-0.4, -0.2) is 109 Å². The Morgan fingerprint density at radius 3 is 2.69 bits per heavy atom. The number of amides is 1. The van der Waals surface area contributed by atoms with Gasteiger partial charge in [0.05, 0.1) is 18.8 Å². The Balaban J connectivity index is 1.41. The zero-order chi connectivity index (χ0) is 27.2. The van der Waals surface area contributed by atoms with Gasteiger partial charge in [-0.25, -0.2) is 15.0 Å². The molecule has 10 nitrogen and oxygen atoms in total. The van der Waals surface area contributed by atoms with E-state index >= 15 is 0 Å². The fourth-order valence-corrected chi connectivity index (χ4v) is 5.21.